The first-order valence-electron chi connectivity index (χ1n) is 6.38. The van der Waals surface area contributed by atoms with E-state index in [2.05, 4.69) is 9.71 Å². The summed E-state index contributed by atoms with van der Waals surface area (Å²) in [6.07, 6.45) is 4.36. The molecule has 2 N–H and O–H groups in total. The Morgan fingerprint density at radius 3 is 2.60 bits per heavy atom. The van der Waals surface area contributed by atoms with Crippen molar-refractivity contribution in [2.24, 2.45) is 0 Å². The number of sulfonamides is 1. The highest BCUT2D eigenvalue weighted by molar-refractivity contribution is 7.92. The maximum absolute atomic E-state index is 12.3. The molecule has 0 aliphatic heterocycles. The average Bonchev–Trinajstić information content (AvgIpc) is 2.88. The van der Waals surface area contributed by atoms with Gasteiger partial charge in [-0.15, -0.1) is 0 Å². The van der Waals surface area contributed by atoms with E-state index in [1.54, 1.807) is 12.1 Å². The minimum absolute atomic E-state index is 0.254. The number of nitrogens with one attached hydrogen (secondary N) is 2. The Labute approximate surface area is 116 Å². The Balaban J connectivity index is 1.92. The lowest BCUT2D eigenvalue weighted by molar-refractivity contribution is 0.601. The number of anilines is 1. The first-order chi connectivity index (χ1) is 9.54. The van der Waals surface area contributed by atoms with Crippen LogP contribution in [0.15, 0.2) is 46.2 Å². The molecular weight excluding hydrogens is 276 g/mol. The van der Waals surface area contributed by atoms with Crippen LogP contribution in [0.1, 0.15) is 17.5 Å². The molecular formula is C14H14N2O3S. The molecule has 20 heavy (non-hydrogen) atoms. The lowest BCUT2D eigenvalue weighted by Crippen LogP contribution is -2.14. The molecule has 0 fully saturated rings. The van der Waals surface area contributed by atoms with Gasteiger partial charge in [0.05, 0.1) is 10.6 Å². The van der Waals surface area contributed by atoms with Crippen molar-refractivity contribution < 1.29 is 8.42 Å². The number of benzene rings is 1. The van der Waals surface area contributed by atoms with E-state index >= 15 is 0 Å². The molecule has 1 aliphatic rings. The van der Waals surface area contributed by atoms with Gasteiger partial charge < -0.3 is 4.98 Å². The smallest absolute Gasteiger partial charge is 0.261 e. The monoisotopic (exact) mass is 290 g/mol. The predicted octanol–water partition coefficient (Wildman–Crippen LogP) is 1.66. The molecule has 5 nitrogen and oxygen atoms in total. The second kappa shape index (κ2) is 4.79. The van der Waals surface area contributed by atoms with Crippen molar-refractivity contribution >= 4 is 15.7 Å². The van der Waals surface area contributed by atoms with Gasteiger partial charge in [-0.3, -0.25) is 9.52 Å². The number of hydrogen-bond donors (Lipinski definition) is 2. The van der Waals surface area contributed by atoms with Crippen LogP contribution in [-0.2, 0) is 22.9 Å². The van der Waals surface area contributed by atoms with Crippen LogP contribution < -0.4 is 10.3 Å². The second-order valence-corrected chi connectivity index (χ2v) is 6.51. The zero-order valence-corrected chi connectivity index (χ0v) is 11.5. The predicted molar refractivity (Wildman–Crippen MR) is 76.3 cm³/mol. The molecule has 0 atom stereocenters. The Morgan fingerprint density at radius 1 is 1.05 bits per heavy atom. The van der Waals surface area contributed by atoms with E-state index in [0.29, 0.717) is 5.69 Å². The third-order valence-electron chi connectivity index (χ3n) is 3.42. The van der Waals surface area contributed by atoms with Crippen molar-refractivity contribution in [3.05, 3.63) is 58.0 Å². The van der Waals surface area contributed by atoms with Gasteiger partial charge in [0.25, 0.3) is 10.0 Å². The highest BCUT2D eigenvalue weighted by atomic mass is 32.2. The highest BCUT2D eigenvalue weighted by Crippen LogP contribution is 2.25. The first-order valence-corrected chi connectivity index (χ1v) is 7.86. The number of aromatic amines is 1. The van der Waals surface area contributed by atoms with Crippen molar-refractivity contribution in [1.82, 2.24) is 4.98 Å². The summed E-state index contributed by atoms with van der Waals surface area (Å²) in [5.41, 5.74) is 2.40. The molecule has 1 aromatic heterocycles. The number of rotatable bonds is 3. The number of hydrogen-bond acceptors (Lipinski definition) is 3. The summed E-state index contributed by atoms with van der Waals surface area (Å²) in [6.45, 7) is 0. The molecule has 104 valence electrons. The quantitative estimate of drug-likeness (QED) is 0.902. The largest absolute Gasteiger partial charge is 0.327 e. The lowest BCUT2D eigenvalue weighted by Gasteiger charge is -2.09. The van der Waals surface area contributed by atoms with Crippen molar-refractivity contribution in [1.29, 1.82) is 0 Å². The van der Waals surface area contributed by atoms with E-state index in [4.69, 9.17) is 0 Å². The molecule has 1 aliphatic carbocycles. The van der Waals surface area contributed by atoms with Gasteiger partial charge in [0, 0.05) is 12.3 Å². The Morgan fingerprint density at radius 2 is 1.85 bits per heavy atom. The van der Waals surface area contributed by atoms with Gasteiger partial charge in [-0.05, 0) is 48.6 Å². The number of pyridine rings is 1. The fourth-order valence-corrected chi connectivity index (χ4v) is 3.50. The summed E-state index contributed by atoms with van der Waals surface area (Å²) < 4.78 is 27.0. The summed E-state index contributed by atoms with van der Waals surface area (Å²) in [6, 6.07) is 7.95. The van der Waals surface area contributed by atoms with E-state index in [9.17, 15) is 13.2 Å². The van der Waals surface area contributed by atoms with Crippen molar-refractivity contribution in [2.45, 2.75) is 24.2 Å². The van der Waals surface area contributed by atoms with Gasteiger partial charge in [0.15, 0.2) is 0 Å². The maximum Gasteiger partial charge on any atom is 0.261 e. The van der Waals surface area contributed by atoms with Crippen LogP contribution in [0.3, 0.4) is 0 Å². The van der Waals surface area contributed by atoms with Crippen LogP contribution in [0.5, 0.6) is 0 Å². The van der Waals surface area contributed by atoms with Crippen LogP contribution in [0.25, 0.3) is 0 Å². The van der Waals surface area contributed by atoms with Gasteiger partial charge in [-0.2, -0.15) is 0 Å². The number of fused-ring (bicyclic) bond motifs is 1. The minimum atomic E-state index is -3.62. The maximum atomic E-state index is 12.3. The molecule has 0 unspecified atom stereocenters. The standard InChI is InChI=1S/C14H14N2O3S/c17-14-7-5-12(9-15-14)16-20(18,19)13-6-4-10-2-1-3-11(10)8-13/h4-9,16H,1-3H2,(H,15,17). The van der Waals surface area contributed by atoms with E-state index in [1.165, 1.54) is 23.9 Å². The Hall–Kier alpha value is -2.08. The minimum Gasteiger partial charge on any atom is -0.327 e. The molecule has 2 aromatic rings. The topological polar surface area (TPSA) is 79.0 Å². The molecule has 3 rings (SSSR count). The van der Waals surface area contributed by atoms with Crippen LogP contribution in [0.4, 0.5) is 5.69 Å². The molecule has 0 spiro atoms. The summed E-state index contributed by atoms with van der Waals surface area (Å²) in [5, 5.41) is 0. The van der Waals surface area contributed by atoms with Crippen LogP contribution in [0.2, 0.25) is 0 Å². The highest BCUT2D eigenvalue weighted by Gasteiger charge is 2.18. The third-order valence-corrected chi connectivity index (χ3v) is 4.80. The van der Waals surface area contributed by atoms with Gasteiger partial charge in [-0.25, -0.2) is 8.42 Å². The van der Waals surface area contributed by atoms with Crippen molar-refractivity contribution in [2.75, 3.05) is 4.72 Å². The van der Waals surface area contributed by atoms with Gasteiger partial charge in [0.1, 0.15) is 0 Å². The summed E-state index contributed by atoms with van der Waals surface area (Å²) in [7, 11) is -3.62. The zero-order chi connectivity index (χ0) is 14.2. The van der Waals surface area contributed by atoms with E-state index in [1.807, 2.05) is 6.07 Å². The summed E-state index contributed by atoms with van der Waals surface area (Å²) in [4.78, 5) is 13.6. The van der Waals surface area contributed by atoms with E-state index in [0.717, 1.165) is 24.8 Å². The molecule has 6 heteroatoms. The molecule has 0 bridgehead atoms. The second-order valence-electron chi connectivity index (χ2n) is 4.83. The van der Waals surface area contributed by atoms with E-state index in [-0.39, 0.29) is 10.5 Å². The lowest BCUT2D eigenvalue weighted by atomic mass is 10.1. The molecule has 1 aromatic carbocycles. The molecule has 1 heterocycles. The SMILES string of the molecule is O=c1ccc(NS(=O)(=O)c2ccc3c(c2)CCC3)c[nH]1. The number of aryl methyl sites for hydroxylation is 2. The summed E-state index contributed by atoms with van der Waals surface area (Å²) >= 11 is 0. The number of H-pyrrole nitrogens is 1. The Kier molecular flexibility index (Phi) is 3.10. The molecule has 0 radical (unpaired) electrons. The molecule has 0 saturated heterocycles. The van der Waals surface area contributed by atoms with Crippen molar-refractivity contribution in [3.63, 3.8) is 0 Å². The first kappa shape index (κ1) is 12.9. The van der Waals surface area contributed by atoms with Crippen molar-refractivity contribution in [3.8, 4) is 0 Å². The molecule has 0 amide bonds. The summed E-state index contributed by atoms with van der Waals surface area (Å²) in [5.74, 6) is 0. The third kappa shape index (κ3) is 2.46. The zero-order valence-electron chi connectivity index (χ0n) is 10.7. The fourth-order valence-electron chi connectivity index (χ4n) is 2.40. The molecule has 0 saturated carbocycles. The number of aromatic nitrogens is 1. The fraction of sp³-hybridized carbons (Fsp3) is 0.214. The van der Waals surface area contributed by atoms with Gasteiger partial charge in [0.2, 0.25) is 5.56 Å². The van der Waals surface area contributed by atoms with E-state index < -0.39 is 10.0 Å². The normalized spacial score (nSPS) is 14.0. The van der Waals surface area contributed by atoms with Gasteiger partial charge >= 0.3 is 0 Å². The van der Waals surface area contributed by atoms with Gasteiger partial charge in [-0.1, -0.05) is 6.07 Å². The average molecular weight is 290 g/mol. The van der Waals surface area contributed by atoms with Crippen LogP contribution >= 0.6 is 0 Å². The van der Waals surface area contributed by atoms with Crippen LogP contribution in [-0.4, -0.2) is 13.4 Å². The Bertz CT molecular complexity index is 789. The van der Waals surface area contributed by atoms with Crippen LogP contribution in [0, 0.1) is 0 Å².